The molecule has 4 saturated carbocycles. The molecule has 196 valence electrons. The number of hydrogen-bond donors (Lipinski definition) is 0. The fourth-order valence-corrected chi connectivity index (χ4v) is 13.6. The van der Waals surface area contributed by atoms with Crippen LogP contribution in [0.5, 0.6) is 0 Å². The molecule has 12 atom stereocenters. The predicted molar refractivity (Wildman–Crippen MR) is 160 cm³/mol. The molecule has 0 bridgehead atoms. The molecular weight excluding hydrogens is 534 g/mol. The second-order valence-corrected chi connectivity index (χ2v) is 16.0. The highest BCUT2D eigenvalue weighted by Crippen LogP contribution is 2.63. The summed E-state index contributed by atoms with van der Waals surface area (Å²) in [7, 11) is 0. The summed E-state index contributed by atoms with van der Waals surface area (Å²) in [4.78, 5) is 4.05. The van der Waals surface area contributed by atoms with Crippen molar-refractivity contribution in [3.8, 4) is 0 Å². The number of rotatable bonds is 2. The van der Waals surface area contributed by atoms with Crippen LogP contribution in [-0.2, 0) is 0 Å². The third kappa shape index (κ3) is 3.95. The molecule has 2 heterocycles. The van der Waals surface area contributed by atoms with Gasteiger partial charge in [0, 0.05) is 33.5 Å². The third-order valence-corrected chi connectivity index (χ3v) is 14.7. The summed E-state index contributed by atoms with van der Waals surface area (Å²) in [6, 6.07) is 25.7. The van der Waals surface area contributed by atoms with Crippen molar-refractivity contribution in [1.82, 2.24) is 4.90 Å². The number of nitrogens with zero attached hydrogens (tertiary/aromatic N) is 1. The Morgan fingerprint density at radius 3 is 2.08 bits per heavy atom. The molecule has 37 heavy (non-hydrogen) atoms. The molecule has 6 fully saturated rings. The van der Waals surface area contributed by atoms with E-state index in [0.29, 0.717) is 0 Å². The Morgan fingerprint density at radius 1 is 0.622 bits per heavy atom. The van der Waals surface area contributed by atoms with E-state index in [1.54, 1.807) is 11.1 Å². The van der Waals surface area contributed by atoms with E-state index in [0.717, 1.165) is 69.0 Å². The number of benzene rings is 2. The van der Waals surface area contributed by atoms with E-state index in [1.165, 1.54) is 64.2 Å². The summed E-state index contributed by atoms with van der Waals surface area (Å²) in [6.45, 7) is 0. The minimum atomic E-state index is 0.757. The maximum Gasteiger partial charge on any atom is 0.0252 e. The number of hydrogen-bond acceptors (Lipinski definition) is 2. The molecule has 4 aliphatic carbocycles. The molecule has 12 unspecified atom stereocenters. The van der Waals surface area contributed by atoms with Crippen molar-refractivity contribution in [2.75, 3.05) is 0 Å². The first-order chi connectivity index (χ1) is 18.3. The van der Waals surface area contributed by atoms with E-state index in [9.17, 15) is 0 Å². The highest BCUT2D eigenvalue weighted by molar-refractivity contribution is 9.09. The standard InChI is InChI=1S/C34H42BrNS/c35-28-15-17-30-33-25(12-7-13-26(28)33)27-18-24(22-10-5-2-6-11-22)20-32-34(27)36(30)29-16-14-23(19-31(29)37-32)21-8-3-1-4-9-21/h1-6,8-11,23-34H,7,12-20H2. The SMILES string of the molecule is BrC1CCC2C3C1CCCC3C1CC(c3ccccc3)CC3SC4CC(c5ccccc5)CCC4N2C31. The Balaban J connectivity index is 1.17. The highest BCUT2D eigenvalue weighted by Gasteiger charge is 2.62. The minimum absolute atomic E-state index is 0.757. The van der Waals surface area contributed by atoms with Crippen LogP contribution in [0.2, 0.25) is 0 Å². The zero-order valence-corrected chi connectivity index (χ0v) is 24.4. The topological polar surface area (TPSA) is 3.24 Å². The number of halogens is 1. The summed E-state index contributed by atoms with van der Waals surface area (Å²) in [5, 5.41) is 1.64. The lowest BCUT2D eigenvalue weighted by molar-refractivity contribution is -0.138. The summed E-state index contributed by atoms with van der Waals surface area (Å²) in [6.07, 6.45) is 14.4. The molecule has 1 nitrogen and oxygen atoms in total. The Hall–Kier alpha value is -0.770. The van der Waals surface area contributed by atoms with E-state index < -0.39 is 0 Å². The van der Waals surface area contributed by atoms with Crippen LogP contribution in [0.1, 0.15) is 87.2 Å². The first-order valence-corrected chi connectivity index (χ1v) is 17.3. The van der Waals surface area contributed by atoms with Crippen LogP contribution in [0.3, 0.4) is 0 Å². The number of alkyl halides is 1. The van der Waals surface area contributed by atoms with Gasteiger partial charge in [-0.3, -0.25) is 4.90 Å². The van der Waals surface area contributed by atoms with Gasteiger partial charge in [0.25, 0.3) is 0 Å². The van der Waals surface area contributed by atoms with Crippen LogP contribution in [0.25, 0.3) is 0 Å². The Morgan fingerprint density at radius 2 is 1.30 bits per heavy atom. The van der Waals surface area contributed by atoms with Gasteiger partial charge in [0.05, 0.1) is 0 Å². The van der Waals surface area contributed by atoms with Gasteiger partial charge in [-0.25, -0.2) is 0 Å². The molecule has 2 aliphatic heterocycles. The van der Waals surface area contributed by atoms with E-state index in [2.05, 4.69) is 93.3 Å². The fraction of sp³-hybridized carbons (Fsp3) is 0.647. The van der Waals surface area contributed by atoms with Gasteiger partial charge in [-0.2, -0.15) is 11.8 Å². The quantitative estimate of drug-likeness (QED) is 0.329. The van der Waals surface area contributed by atoms with Gasteiger partial charge in [0.2, 0.25) is 0 Å². The average molecular weight is 577 g/mol. The average Bonchev–Trinajstić information content (AvgIpc) is 2.96. The second kappa shape index (κ2) is 9.70. The normalized spacial score (nSPS) is 46.8. The molecule has 0 aromatic heterocycles. The number of fused-ring (bicyclic) bond motifs is 4. The van der Waals surface area contributed by atoms with Crippen molar-refractivity contribution < 1.29 is 0 Å². The predicted octanol–water partition coefficient (Wildman–Crippen LogP) is 8.64. The summed E-state index contributed by atoms with van der Waals surface area (Å²) in [5.41, 5.74) is 3.22. The molecule has 2 aromatic carbocycles. The van der Waals surface area contributed by atoms with Crippen LogP contribution in [0.4, 0.5) is 0 Å². The molecule has 0 amide bonds. The van der Waals surface area contributed by atoms with Crippen molar-refractivity contribution in [2.45, 2.75) is 109 Å². The lowest BCUT2D eigenvalue weighted by Crippen LogP contribution is -2.73. The monoisotopic (exact) mass is 575 g/mol. The van der Waals surface area contributed by atoms with Crippen LogP contribution in [0, 0.1) is 23.7 Å². The second-order valence-electron chi connectivity index (χ2n) is 13.4. The van der Waals surface area contributed by atoms with Gasteiger partial charge in [-0.1, -0.05) is 83.0 Å². The zero-order valence-electron chi connectivity index (χ0n) is 22.0. The first kappa shape index (κ1) is 24.1. The maximum atomic E-state index is 4.22. The van der Waals surface area contributed by atoms with Gasteiger partial charge >= 0.3 is 0 Å². The van der Waals surface area contributed by atoms with Crippen molar-refractivity contribution >= 4 is 27.7 Å². The molecular formula is C34H42BrNS. The molecule has 0 N–H and O–H groups in total. The Kier molecular flexibility index (Phi) is 6.31. The Bertz CT molecular complexity index is 1090. The molecule has 0 radical (unpaired) electrons. The first-order valence-electron chi connectivity index (χ1n) is 15.4. The van der Waals surface area contributed by atoms with E-state index >= 15 is 0 Å². The van der Waals surface area contributed by atoms with Crippen molar-refractivity contribution in [3.05, 3.63) is 71.8 Å². The molecule has 2 saturated heterocycles. The smallest absolute Gasteiger partial charge is 0.0252 e. The molecule has 2 aromatic rings. The van der Waals surface area contributed by atoms with Crippen LogP contribution in [-0.4, -0.2) is 38.4 Å². The summed E-state index contributed by atoms with van der Waals surface area (Å²) >= 11 is 6.70. The van der Waals surface area contributed by atoms with Gasteiger partial charge in [-0.15, -0.1) is 0 Å². The lowest BCUT2D eigenvalue weighted by Gasteiger charge is -2.68. The lowest BCUT2D eigenvalue weighted by atomic mass is 9.52. The van der Waals surface area contributed by atoms with Gasteiger partial charge in [-0.05, 0) is 104 Å². The van der Waals surface area contributed by atoms with Crippen LogP contribution >= 0.6 is 27.7 Å². The zero-order chi connectivity index (χ0) is 24.5. The van der Waals surface area contributed by atoms with Crippen LogP contribution < -0.4 is 0 Å². The van der Waals surface area contributed by atoms with Crippen molar-refractivity contribution in [1.29, 1.82) is 0 Å². The van der Waals surface area contributed by atoms with Crippen molar-refractivity contribution in [3.63, 3.8) is 0 Å². The molecule has 3 heteroatoms. The van der Waals surface area contributed by atoms with Crippen LogP contribution in [0.15, 0.2) is 60.7 Å². The minimum Gasteiger partial charge on any atom is -0.292 e. The van der Waals surface area contributed by atoms with E-state index in [-0.39, 0.29) is 0 Å². The Labute approximate surface area is 236 Å². The van der Waals surface area contributed by atoms with Gasteiger partial charge in [0.15, 0.2) is 0 Å². The molecule has 0 spiro atoms. The highest BCUT2D eigenvalue weighted by atomic mass is 79.9. The molecule has 8 rings (SSSR count). The summed E-state index contributed by atoms with van der Waals surface area (Å²) in [5.74, 6) is 5.26. The largest absolute Gasteiger partial charge is 0.292 e. The number of thioether (sulfide) groups is 1. The fourth-order valence-electron chi connectivity index (χ4n) is 10.6. The van der Waals surface area contributed by atoms with E-state index in [1.807, 2.05) is 0 Å². The van der Waals surface area contributed by atoms with Gasteiger partial charge < -0.3 is 0 Å². The van der Waals surface area contributed by atoms with Crippen molar-refractivity contribution in [2.24, 2.45) is 23.7 Å². The maximum absolute atomic E-state index is 4.22. The van der Waals surface area contributed by atoms with Gasteiger partial charge in [0.1, 0.15) is 0 Å². The van der Waals surface area contributed by atoms with E-state index in [4.69, 9.17) is 0 Å². The summed E-state index contributed by atoms with van der Waals surface area (Å²) < 4.78 is 0. The number of piperidine rings is 1. The molecule has 6 aliphatic rings. The third-order valence-electron chi connectivity index (χ3n) is 11.9.